The first-order chi connectivity index (χ1) is 11.8. The molecule has 0 unspecified atom stereocenters. The summed E-state index contributed by atoms with van der Waals surface area (Å²) in [6.07, 6.45) is 0. The van der Waals surface area contributed by atoms with Gasteiger partial charge in [0.2, 0.25) is 0 Å². The SMILES string of the molecule is Cc1cc(Br)c(NC(=O)COC(=O)c2ccccc2[N+](=O)[O-])c(Br)c1. The summed E-state index contributed by atoms with van der Waals surface area (Å²) in [5, 5.41) is 13.5. The van der Waals surface area contributed by atoms with Crippen molar-refractivity contribution in [1.29, 1.82) is 0 Å². The maximum Gasteiger partial charge on any atom is 0.345 e. The van der Waals surface area contributed by atoms with Crippen LogP contribution in [0.3, 0.4) is 0 Å². The Hall–Kier alpha value is -2.26. The number of nitrogens with zero attached hydrogens (tertiary/aromatic N) is 1. The lowest BCUT2D eigenvalue weighted by Gasteiger charge is -2.11. The third-order valence-corrected chi connectivity index (χ3v) is 4.36. The van der Waals surface area contributed by atoms with E-state index in [1.807, 2.05) is 19.1 Å². The van der Waals surface area contributed by atoms with Crippen LogP contribution in [0.2, 0.25) is 0 Å². The lowest BCUT2D eigenvalue weighted by atomic mass is 10.2. The van der Waals surface area contributed by atoms with Crippen LogP contribution in [-0.4, -0.2) is 23.4 Å². The molecule has 0 saturated heterocycles. The van der Waals surface area contributed by atoms with E-state index in [1.165, 1.54) is 24.3 Å². The summed E-state index contributed by atoms with van der Waals surface area (Å²) in [4.78, 5) is 34.2. The molecule has 1 amide bonds. The van der Waals surface area contributed by atoms with Crippen molar-refractivity contribution in [3.05, 3.63) is 66.6 Å². The van der Waals surface area contributed by atoms with Gasteiger partial charge in [-0.25, -0.2) is 4.79 Å². The molecule has 0 spiro atoms. The molecule has 1 N–H and O–H groups in total. The number of anilines is 1. The molecule has 0 fully saturated rings. The van der Waals surface area contributed by atoms with E-state index in [0.717, 1.165) is 5.56 Å². The Morgan fingerprint density at radius 3 is 2.40 bits per heavy atom. The highest BCUT2D eigenvalue weighted by Gasteiger charge is 2.21. The first kappa shape index (κ1) is 19.1. The molecular weight excluding hydrogens is 460 g/mol. The Balaban J connectivity index is 2.04. The predicted molar refractivity (Wildman–Crippen MR) is 98.6 cm³/mol. The molecule has 2 rings (SSSR count). The van der Waals surface area contributed by atoms with Gasteiger partial charge in [-0.15, -0.1) is 0 Å². The quantitative estimate of drug-likeness (QED) is 0.399. The number of ether oxygens (including phenoxy) is 1. The van der Waals surface area contributed by atoms with Gasteiger partial charge in [0.05, 0.1) is 10.6 Å². The molecule has 0 atom stereocenters. The number of carbonyl (C=O) groups excluding carboxylic acids is 2. The fraction of sp³-hybridized carbons (Fsp3) is 0.125. The molecule has 0 aromatic heterocycles. The molecule has 0 aliphatic carbocycles. The third kappa shape index (κ3) is 4.86. The average molecular weight is 472 g/mol. The summed E-state index contributed by atoms with van der Waals surface area (Å²) >= 11 is 6.68. The fourth-order valence-corrected chi connectivity index (χ4v) is 3.62. The minimum atomic E-state index is -0.940. The van der Waals surface area contributed by atoms with E-state index in [0.29, 0.717) is 14.6 Å². The molecule has 2 aromatic rings. The zero-order valence-electron chi connectivity index (χ0n) is 12.9. The molecule has 130 valence electrons. The minimum absolute atomic E-state index is 0.210. The van der Waals surface area contributed by atoms with Gasteiger partial charge in [-0.05, 0) is 62.5 Å². The van der Waals surface area contributed by atoms with Gasteiger partial charge in [-0.2, -0.15) is 0 Å². The molecule has 2 aromatic carbocycles. The molecule has 0 saturated carbocycles. The number of esters is 1. The van der Waals surface area contributed by atoms with Gasteiger partial charge < -0.3 is 10.1 Å². The van der Waals surface area contributed by atoms with E-state index in [9.17, 15) is 19.7 Å². The summed E-state index contributed by atoms with van der Waals surface area (Å²) in [5.41, 5.74) is 0.895. The Labute approximate surface area is 159 Å². The van der Waals surface area contributed by atoms with Gasteiger partial charge in [-0.1, -0.05) is 12.1 Å². The Bertz CT molecular complexity index is 831. The van der Waals surface area contributed by atoms with Crippen molar-refractivity contribution in [2.24, 2.45) is 0 Å². The number of benzene rings is 2. The fourth-order valence-electron chi connectivity index (χ4n) is 2.01. The molecule has 0 heterocycles. The zero-order valence-corrected chi connectivity index (χ0v) is 16.1. The van der Waals surface area contributed by atoms with Crippen LogP contribution in [0.5, 0.6) is 0 Å². The molecule has 0 bridgehead atoms. The third-order valence-electron chi connectivity index (χ3n) is 3.11. The number of nitrogens with one attached hydrogen (secondary N) is 1. The van der Waals surface area contributed by atoms with Crippen LogP contribution in [0.1, 0.15) is 15.9 Å². The summed E-state index contributed by atoms with van der Waals surface area (Å²) in [6, 6.07) is 9.01. The first-order valence-corrected chi connectivity index (χ1v) is 8.54. The van der Waals surface area contributed by atoms with Gasteiger partial charge in [0.15, 0.2) is 6.61 Å². The highest BCUT2D eigenvalue weighted by molar-refractivity contribution is 9.11. The van der Waals surface area contributed by atoms with Gasteiger partial charge in [0, 0.05) is 15.0 Å². The zero-order chi connectivity index (χ0) is 18.6. The van der Waals surface area contributed by atoms with Crippen molar-refractivity contribution in [3.63, 3.8) is 0 Å². The van der Waals surface area contributed by atoms with Crippen LogP contribution in [0.25, 0.3) is 0 Å². The predicted octanol–water partition coefficient (Wildman–Crippen LogP) is 4.22. The molecule has 25 heavy (non-hydrogen) atoms. The number of hydrogen-bond donors (Lipinski definition) is 1. The van der Waals surface area contributed by atoms with Gasteiger partial charge in [0.25, 0.3) is 11.6 Å². The molecule has 0 aliphatic rings. The number of nitro groups is 1. The topological polar surface area (TPSA) is 98.5 Å². The van der Waals surface area contributed by atoms with Crippen molar-refractivity contribution < 1.29 is 19.2 Å². The smallest absolute Gasteiger partial charge is 0.345 e. The van der Waals surface area contributed by atoms with Crippen molar-refractivity contribution in [2.75, 3.05) is 11.9 Å². The second-order valence-electron chi connectivity index (χ2n) is 5.00. The molecule has 0 radical (unpaired) electrons. The largest absolute Gasteiger partial charge is 0.452 e. The highest BCUT2D eigenvalue weighted by Crippen LogP contribution is 2.32. The number of aryl methyl sites for hydroxylation is 1. The number of rotatable bonds is 5. The Morgan fingerprint density at radius 1 is 1.20 bits per heavy atom. The molecule has 9 heteroatoms. The van der Waals surface area contributed by atoms with Crippen LogP contribution in [0, 0.1) is 17.0 Å². The first-order valence-electron chi connectivity index (χ1n) is 6.95. The van der Waals surface area contributed by atoms with Crippen LogP contribution in [-0.2, 0) is 9.53 Å². The molecule has 0 aliphatic heterocycles. The lowest BCUT2D eigenvalue weighted by molar-refractivity contribution is -0.385. The average Bonchev–Trinajstić information content (AvgIpc) is 2.55. The van der Waals surface area contributed by atoms with Gasteiger partial charge >= 0.3 is 5.97 Å². The van der Waals surface area contributed by atoms with E-state index < -0.39 is 23.4 Å². The van der Waals surface area contributed by atoms with Crippen molar-refractivity contribution in [1.82, 2.24) is 0 Å². The maximum atomic E-state index is 12.0. The molecular formula is C16H12Br2N2O5. The van der Waals surface area contributed by atoms with Gasteiger partial charge in [-0.3, -0.25) is 14.9 Å². The van der Waals surface area contributed by atoms with Crippen LogP contribution < -0.4 is 5.32 Å². The summed E-state index contributed by atoms with van der Waals surface area (Å²) in [5.74, 6) is -1.51. The van der Waals surface area contributed by atoms with E-state index >= 15 is 0 Å². The number of para-hydroxylation sites is 1. The summed E-state index contributed by atoms with van der Waals surface area (Å²) in [7, 11) is 0. The minimum Gasteiger partial charge on any atom is -0.452 e. The van der Waals surface area contributed by atoms with E-state index in [1.54, 1.807) is 0 Å². The van der Waals surface area contributed by atoms with Crippen molar-refractivity contribution in [3.8, 4) is 0 Å². The summed E-state index contributed by atoms with van der Waals surface area (Å²) in [6.45, 7) is 1.33. The number of amides is 1. The highest BCUT2D eigenvalue weighted by atomic mass is 79.9. The number of halogens is 2. The van der Waals surface area contributed by atoms with E-state index in [2.05, 4.69) is 37.2 Å². The normalized spacial score (nSPS) is 10.2. The number of nitro benzene ring substituents is 1. The monoisotopic (exact) mass is 470 g/mol. The molecule has 7 nitrogen and oxygen atoms in total. The van der Waals surface area contributed by atoms with Gasteiger partial charge in [0.1, 0.15) is 5.56 Å². The van der Waals surface area contributed by atoms with E-state index in [4.69, 9.17) is 4.74 Å². The van der Waals surface area contributed by atoms with Crippen molar-refractivity contribution >= 4 is 55.1 Å². The van der Waals surface area contributed by atoms with Crippen LogP contribution >= 0.6 is 31.9 Å². The van der Waals surface area contributed by atoms with Crippen LogP contribution in [0.4, 0.5) is 11.4 Å². The second kappa shape index (κ2) is 8.21. The van der Waals surface area contributed by atoms with Crippen molar-refractivity contribution in [2.45, 2.75) is 6.92 Å². The van der Waals surface area contributed by atoms with E-state index in [-0.39, 0.29) is 11.3 Å². The van der Waals surface area contributed by atoms with Crippen LogP contribution in [0.15, 0.2) is 45.3 Å². The number of hydrogen-bond acceptors (Lipinski definition) is 5. The maximum absolute atomic E-state index is 12.0. The lowest BCUT2D eigenvalue weighted by Crippen LogP contribution is -2.21. The number of carbonyl (C=O) groups is 2. The second-order valence-corrected chi connectivity index (χ2v) is 6.71. The standard InChI is InChI=1S/C16H12Br2N2O5/c1-9-6-11(17)15(12(18)7-9)19-14(21)8-25-16(22)10-4-2-3-5-13(10)20(23)24/h2-7H,8H2,1H3,(H,19,21). The Morgan fingerprint density at radius 2 is 1.80 bits per heavy atom. The summed E-state index contributed by atoms with van der Waals surface area (Å²) < 4.78 is 6.20. The Kier molecular flexibility index (Phi) is 6.27.